The van der Waals surface area contributed by atoms with Gasteiger partial charge >= 0.3 is 0 Å². The predicted molar refractivity (Wildman–Crippen MR) is 98.5 cm³/mol. The molecule has 0 aromatic heterocycles. The maximum absolute atomic E-state index is 12.3. The molecule has 3 rings (SSSR count). The molecule has 1 amide bonds. The van der Waals surface area contributed by atoms with Crippen LogP contribution in [0.5, 0.6) is 0 Å². The predicted octanol–water partition coefficient (Wildman–Crippen LogP) is 2.67. The van der Waals surface area contributed by atoms with Crippen molar-refractivity contribution in [2.24, 2.45) is 0 Å². The van der Waals surface area contributed by atoms with Gasteiger partial charge in [0.05, 0.1) is 18.1 Å². The first-order chi connectivity index (χ1) is 12.5. The van der Waals surface area contributed by atoms with Crippen molar-refractivity contribution in [3.8, 4) is 0 Å². The second-order valence-electron chi connectivity index (χ2n) is 6.21. The molecular formula is C19H21N3O4. The number of carbonyl (C=O) groups is 1. The lowest BCUT2D eigenvalue weighted by atomic mass is 10.1. The molecule has 0 radical (unpaired) electrons. The van der Waals surface area contributed by atoms with Gasteiger partial charge in [-0.05, 0) is 36.8 Å². The third kappa shape index (κ3) is 4.18. The number of nitrogens with one attached hydrogen (secondary N) is 1. The molecule has 0 atom stereocenters. The van der Waals surface area contributed by atoms with Crippen LogP contribution in [0.1, 0.15) is 21.5 Å². The van der Waals surface area contributed by atoms with Gasteiger partial charge in [-0.25, -0.2) is 0 Å². The number of nitro groups is 1. The number of nitrogens with zero attached hydrogens (tertiary/aromatic N) is 2. The van der Waals surface area contributed by atoms with Crippen LogP contribution < -0.4 is 10.2 Å². The molecule has 7 nitrogen and oxygen atoms in total. The molecule has 1 aliphatic heterocycles. The number of ether oxygens (including phenoxy) is 1. The van der Waals surface area contributed by atoms with Crippen molar-refractivity contribution in [1.29, 1.82) is 0 Å². The number of rotatable bonds is 5. The number of benzene rings is 2. The first-order valence-electron chi connectivity index (χ1n) is 8.49. The average Bonchev–Trinajstić information content (AvgIpc) is 2.67. The number of morpholine rings is 1. The molecule has 1 N–H and O–H groups in total. The number of aryl methyl sites for hydroxylation is 1. The molecule has 0 saturated carbocycles. The molecule has 1 aliphatic rings. The first kappa shape index (κ1) is 17.9. The van der Waals surface area contributed by atoms with Gasteiger partial charge in [0.25, 0.3) is 11.6 Å². The summed E-state index contributed by atoms with van der Waals surface area (Å²) in [6.45, 7) is 5.28. The van der Waals surface area contributed by atoms with E-state index >= 15 is 0 Å². The standard InChI is InChI=1S/C19H21N3O4/c1-14-12-16(4-7-18(14)22(24)25)19(23)20-13-15-2-5-17(6-3-15)21-8-10-26-11-9-21/h2-7,12H,8-11,13H2,1H3,(H,20,23). The Kier molecular flexibility index (Phi) is 5.48. The molecule has 136 valence electrons. The van der Waals surface area contributed by atoms with Crippen molar-refractivity contribution >= 4 is 17.3 Å². The smallest absolute Gasteiger partial charge is 0.272 e. The van der Waals surface area contributed by atoms with E-state index in [1.165, 1.54) is 18.2 Å². The number of hydrogen-bond acceptors (Lipinski definition) is 5. The van der Waals surface area contributed by atoms with Crippen LogP contribution in [0, 0.1) is 17.0 Å². The normalized spacial score (nSPS) is 14.1. The monoisotopic (exact) mass is 355 g/mol. The minimum Gasteiger partial charge on any atom is -0.378 e. The van der Waals surface area contributed by atoms with E-state index in [1.807, 2.05) is 24.3 Å². The van der Waals surface area contributed by atoms with Crippen LogP contribution in [0.2, 0.25) is 0 Å². The Morgan fingerprint density at radius 3 is 2.50 bits per heavy atom. The van der Waals surface area contributed by atoms with Gasteiger partial charge in [0.2, 0.25) is 0 Å². The minimum absolute atomic E-state index is 0.0141. The third-order valence-electron chi connectivity index (χ3n) is 4.42. The van der Waals surface area contributed by atoms with Crippen molar-refractivity contribution in [2.75, 3.05) is 31.2 Å². The zero-order valence-electron chi connectivity index (χ0n) is 14.6. The Labute approximate surface area is 151 Å². The highest BCUT2D eigenvalue weighted by atomic mass is 16.6. The zero-order valence-corrected chi connectivity index (χ0v) is 14.6. The molecule has 0 bridgehead atoms. The maximum atomic E-state index is 12.3. The largest absolute Gasteiger partial charge is 0.378 e. The molecule has 0 unspecified atom stereocenters. The molecule has 26 heavy (non-hydrogen) atoms. The molecule has 1 fully saturated rings. The number of amides is 1. The summed E-state index contributed by atoms with van der Waals surface area (Å²) in [7, 11) is 0. The van der Waals surface area contributed by atoms with Gasteiger partial charge in [-0.15, -0.1) is 0 Å². The van der Waals surface area contributed by atoms with E-state index in [4.69, 9.17) is 4.74 Å². The lowest BCUT2D eigenvalue weighted by Crippen LogP contribution is -2.36. The van der Waals surface area contributed by atoms with E-state index in [9.17, 15) is 14.9 Å². The van der Waals surface area contributed by atoms with E-state index in [0.717, 1.165) is 37.6 Å². The van der Waals surface area contributed by atoms with Crippen molar-refractivity contribution in [1.82, 2.24) is 5.32 Å². The van der Waals surface area contributed by atoms with E-state index < -0.39 is 4.92 Å². The minimum atomic E-state index is -0.451. The quantitative estimate of drug-likeness (QED) is 0.658. The average molecular weight is 355 g/mol. The fraction of sp³-hybridized carbons (Fsp3) is 0.316. The van der Waals surface area contributed by atoms with Crippen molar-refractivity contribution in [3.05, 3.63) is 69.3 Å². The van der Waals surface area contributed by atoms with E-state index in [2.05, 4.69) is 10.2 Å². The summed E-state index contributed by atoms with van der Waals surface area (Å²) >= 11 is 0. The third-order valence-corrected chi connectivity index (χ3v) is 4.42. The van der Waals surface area contributed by atoms with Crippen molar-refractivity contribution < 1.29 is 14.5 Å². The summed E-state index contributed by atoms with van der Waals surface area (Å²) in [5.74, 6) is -0.250. The second kappa shape index (κ2) is 7.97. The number of nitro benzene ring substituents is 1. The van der Waals surface area contributed by atoms with Crippen LogP contribution in [-0.4, -0.2) is 37.1 Å². The molecule has 7 heteroatoms. The fourth-order valence-corrected chi connectivity index (χ4v) is 2.93. The van der Waals surface area contributed by atoms with E-state index in [-0.39, 0.29) is 11.6 Å². The Balaban J connectivity index is 1.59. The Bertz CT molecular complexity index is 799. The highest BCUT2D eigenvalue weighted by Crippen LogP contribution is 2.19. The van der Waals surface area contributed by atoms with Gasteiger partial charge in [0.1, 0.15) is 0 Å². The van der Waals surface area contributed by atoms with Gasteiger partial charge in [-0.1, -0.05) is 12.1 Å². The summed E-state index contributed by atoms with van der Waals surface area (Å²) in [5.41, 5.74) is 3.04. The van der Waals surface area contributed by atoms with Crippen LogP contribution in [0.25, 0.3) is 0 Å². The number of hydrogen-bond donors (Lipinski definition) is 1. The van der Waals surface area contributed by atoms with E-state index in [0.29, 0.717) is 17.7 Å². The van der Waals surface area contributed by atoms with Gasteiger partial charge in [-0.3, -0.25) is 14.9 Å². The molecule has 1 heterocycles. The fourth-order valence-electron chi connectivity index (χ4n) is 2.93. The SMILES string of the molecule is Cc1cc(C(=O)NCc2ccc(N3CCOCC3)cc2)ccc1[N+](=O)[O-]. The van der Waals surface area contributed by atoms with Crippen LogP contribution in [0.15, 0.2) is 42.5 Å². The molecule has 2 aromatic carbocycles. The molecule has 0 spiro atoms. The summed E-state index contributed by atoms with van der Waals surface area (Å²) in [5, 5.41) is 13.7. The summed E-state index contributed by atoms with van der Waals surface area (Å²) in [6.07, 6.45) is 0. The van der Waals surface area contributed by atoms with Gasteiger partial charge < -0.3 is 15.0 Å². The molecule has 2 aromatic rings. The van der Waals surface area contributed by atoms with Gasteiger partial charge in [-0.2, -0.15) is 0 Å². The summed E-state index contributed by atoms with van der Waals surface area (Å²) < 4.78 is 5.35. The summed E-state index contributed by atoms with van der Waals surface area (Å²) in [6, 6.07) is 12.4. The van der Waals surface area contributed by atoms with Crippen molar-refractivity contribution in [2.45, 2.75) is 13.5 Å². The topological polar surface area (TPSA) is 84.7 Å². The van der Waals surface area contributed by atoms with Crippen LogP contribution in [0.4, 0.5) is 11.4 Å². The van der Waals surface area contributed by atoms with Crippen LogP contribution in [-0.2, 0) is 11.3 Å². The zero-order chi connectivity index (χ0) is 18.5. The Morgan fingerprint density at radius 1 is 1.19 bits per heavy atom. The molecule has 0 aliphatic carbocycles. The second-order valence-corrected chi connectivity index (χ2v) is 6.21. The van der Waals surface area contributed by atoms with E-state index in [1.54, 1.807) is 6.92 Å². The molecule has 1 saturated heterocycles. The lowest BCUT2D eigenvalue weighted by Gasteiger charge is -2.28. The van der Waals surface area contributed by atoms with Gasteiger partial charge in [0.15, 0.2) is 0 Å². The number of anilines is 1. The van der Waals surface area contributed by atoms with Crippen LogP contribution in [0.3, 0.4) is 0 Å². The number of carbonyl (C=O) groups excluding carboxylic acids is 1. The van der Waals surface area contributed by atoms with Crippen LogP contribution >= 0.6 is 0 Å². The molecular weight excluding hydrogens is 334 g/mol. The van der Waals surface area contributed by atoms with Gasteiger partial charge in [0, 0.05) is 42.5 Å². The Hall–Kier alpha value is -2.93. The first-order valence-corrected chi connectivity index (χ1v) is 8.49. The lowest BCUT2D eigenvalue weighted by molar-refractivity contribution is -0.385. The Morgan fingerprint density at radius 2 is 1.88 bits per heavy atom. The highest BCUT2D eigenvalue weighted by molar-refractivity contribution is 5.94. The summed E-state index contributed by atoms with van der Waals surface area (Å²) in [4.78, 5) is 24.9. The maximum Gasteiger partial charge on any atom is 0.272 e. The highest BCUT2D eigenvalue weighted by Gasteiger charge is 2.14. The van der Waals surface area contributed by atoms with Crippen molar-refractivity contribution in [3.63, 3.8) is 0 Å².